The fourth-order valence-corrected chi connectivity index (χ4v) is 3.78. The Morgan fingerprint density at radius 3 is 2.46 bits per heavy atom. The molecule has 1 saturated heterocycles. The maximum absolute atomic E-state index is 4.84. The number of nitrogens with zero attached hydrogens (tertiary/aromatic N) is 7. The van der Waals surface area contributed by atoms with Gasteiger partial charge in [0.2, 0.25) is 0 Å². The summed E-state index contributed by atoms with van der Waals surface area (Å²) < 4.78 is 1.91. The number of piperidine rings is 1. The molecule has 26 heavy (non-hydrogen) atoms. The van der Waals surface area contributed by atoms with Crippen molar-refractivity contribution in [1.82, 2.24) is 29.8 Å². The van der Waals surface area contributed by atoms with Crippen LogP contribution in [0, 0.1) is 13.8 Å². The molecule has 3 aromatic rings. The van der Waals surface area contributed by atoms with E-state index in [0.717, 1.165) is 60.4 Å². The Kier molecular flexibility index (Phi) is 3.62. The van der Waals surface area contributed by atoms with Crippen LogP contribution in [0.2, 0.25) is 0 Å². The Bertz CT molecular complexity index is 952. The van der Waals surface area contributed by atoms with Gasteiger partial charge in [-0.05, 0) is 51.7 Å². The Morgan fingerprint density at radius 2 is 1.69 bits per heavy atom. The molecule has 4 heterocycles. The van der Waals surface area contributed by atoms with Gasteiger partial charge in [-0.25, -0.2) is 9.97 Å². The zero-order chi connectivity index (χ0) is 17.7. The Morgan fingerprint density at radius 1 is 0.885 bits per heavy atom. The van der Waals surface area contributed by atoms with Gasteiger partial charge in [0.15, 0.2) is 11.5 Å². The second kappa shape index (κ2) is 6.00. The monoisotopic (exact) mass is 349 g/mol. The van der Waals surface area contributed by atoms with E-state index in [-0.39, 0.29) is 0 Å². The molecule has 2 fully saturated rings. The fourth-order valence-electron chi connectivity index (χ4n) is 3.78. The summed E-state index contributed by atoms with van der Waals surface area (Å²) in [5.74, 6) is 4.08. The second-order valence-electron chi connectivity index (χ2n) is 7.56. The number of anilines is 1. The van der Waals surface area contributed by atoms with Crippen LogP contribution in [-0.2, 0) is 0 Å². The van der Waals surface area contributed by atoms with E-state index in [0.29, 0.717) is 11.8 Å². The molecule has 7 nitrogen and oxygen atoms in total. The van der Waals surface area contributed by atoms with Gasteiger partial charge in [-0.3, -0.25) is 0 Å². The summed E-state index contributed by atoms with van der Waals surface area (Å²) in [6.07, 6.45) is 4.55. The normalized spacial score (nSPS) is 18.6. The van der Waals surface area contributed by atoms with Crippen molar-refractivity contribution in [2.45, 2.75) is 51.4 Å². The lowest BCUT2D eigenvalue weighted by atomic mass is 9.96. The van der Waals surface area contributed by atoms with Crippen LogP contribution in [0.25, 0.3) is 5.65 Å². The molecule has 0 radical (unpaired) electrons. The fraction of sp³-hybridized carbons (Fsp3) is 0.526. The molecule has 0 atom stereocenters. The average Bonchev–Trinajstić information content (AvgIpc) is 3.42. The first-order valence-electron chi connectivity index (χ1n) is 9.47. The largest absolute Gasteiger partial charge is 0.356 e. The van der Waals surface area contributed by atoms with Gasteiger partial charge in [-0.15, -0.1) is 10.2 Å². The summed E-state index contributed by atoms with van der Waals surface area (Å²) in [4.78, 5) is 11.8. The molecule has 2 aliphatic rings. The van der Waals surface area contributed by atoms with Crippen molar-refractivity contribution in [2.75, 3.05) is 18.0 Å². The van der Waals surface area contributed by atoms with Gasteiger partial charge in [0.1, 0.15) is 11.6 Å². The third-order valence-electron chi connectivity index (χ3n) is 5.40. The minimum Gasteiger partial charge on any atom is -0.356 e. The quantitative estimate of drug-likeness (QED) is 0.724. The van der Waals surface area contributed by atoms with Crippen LogP contribution in [0.4, 0.5) is 5.82 Å². The summed E-state index contributed by atoms with van der Waals surface area (Å²) in [6.45, 7) is 6.03. The first-order valence-corrected chi connectivity index (χ1v) is 9.47. The molecule has 0 aromatic carbocycles. The van der Waals surface area contributed by atoms with Crippen molar-refractivity contribution in [3.8, 4) is 0 Å². The van der Waals surface area contributed by atoms with Crippen LogP contribution in [0.3, 0.4) is 0 Å². The van der Waals surface area contributed by atoms with E-state index in [1.807, 2.05) is 23.6 Å². The maximum atomic E-state index is 4.84. The number of aromatic nitrogens is 6. The maximum Gasteiger partial charge on any atom is 0.177 e. The molecule has 1 aliphatic heterocycles. The van der Waals surface area contributed by atoms with E-state index in [2.05, 4.69) is 38.2 Å². The lowest BCUT2D eigenvalue weighted by Crippen LogP contribution is -2.34. The molecule has 1 aliphatic carbocycles. The lowest BCUT2D eigenvalue weighted by Gasteiger charge is -2.32. The minimum atomic E-state index is 0.390. The van der Waals surface area contributed by atoms with Crippen LogP contribution in [0.5, 0.6) is 0 Å². The molecule has 0 amide bonds. The molecule has 134 valence electrons. The highest BCUT2D eigenvalue weighted by atomic mass is 15.4. The van der Waals surface area contributed by atoms with Gasteiger partial charge in [0.05, 0.1) is 5.69 Å². The number of rotatable bonds is 3. The van der Waals surface area contributed by atoms with Crippen LogP contribution >= 0.6 is 0 Å². The Hall–Kier alpha value is -2.57. The first kappa shape index (κ1) is 15.7. The van der Waals surface area contributed by atoms with Gasteiger partial charge in [-0.1, -0.05) is 0 Å². The third kappa shape index (κ3) is 2.81. The molecular weight excluding hydrogens is 326 g/mol. The van der Waals surface area contributed by atoms with Gasteiger partial charge < -0.3 is 4.90 Å². The van der Waals surface area contributed by atoms with Crippen molar-refractivity contribution in [2.24, 2.45) is 0 Å². The molecule has 0 bridgehead atoms. The summed E-state index contributed by atoms with van der Waals surface area (Å²) in [6, 6.07) is 6.08. The first-order chi connectivity index (χ1) is 12.7. The molecule has 0 spiro atoms. The van der Waals surface area contributed by atoms with E-state index in [1.165, 1.54) is 12.8 Å². The van der Waals surface area contributed by atoms with Gasteiger partial charge in [0, 0.05) is 36.7 Å². The predicted octanol–water partition coefficient (Wildman–Crippen LogP) is 2.79. The standard InChI is InChI=1S/C19H23N7/c1-12-3-6-16-22-23-19(26(16)24-12)15-7-9-25(10-8-15)17-11-13(2)20-18(21-17)14-4-5-14/h3,6,11,14-15H,4-5,7-10H2,1-2H3. The van der Waals surface area contributed by atoms with Crippen LogP contribution in [0.1, 0.15) is 60.6 Å². The van der Waals surface area contributed by atoms with E-state index in [1.54, 1.807) is 0 Å². The molecule has 0 unspecified atom stereocenters. The number of fused-ring (bicyclic) bond motifs is 1. The van der Waals surface area contributed by atoms with E-state index < -0.39 is 0 Å². The second-order valence-corrected chi connectivity index (χ2v) is 7.56. The number of aryl methyl sites for hydroxylation is 2. The molecule has 0 N–H and O–H groups in total. The number of hydrogen-bond acceptors (Lipinski definition) is 6. The molecule has 5 rings (SSSR count). The average molecular weight is 349 g/mol. The molecule has 7 heteroatoms. The summed E-state index contributed by atoms with van der Waals surface area (Å²) in [5.41, 5.74) is 2.88. The Labute approximate surface area is 152 Å². The van der Waals surface area contributed by atoms with Gasteiger partial charge in [-0.2, -0.15) is 9.61 Å². The molecular formula is C19H23N7. The topological polar surface area (TPSA) is 72.1 Å². The van der Waals surface area contributed by atoms with Crippen LogP contribution in [-0.4, -0.2) is 42.9 Å². The third-order valence-corrected chi connectivity index (χ3v) is 5.40. The Balaban J connectivity index is 1.35. The highest BCUT2D eigenvalue weighted by Crippen LogP contribution is 2.39. The van der Waals surface area contributed by atoms with Crippen molar-refractivity contribution in [1.29, 1.82) is 0 Å². The van der Waals surface area contributed by atoms with Crippen LogP contribution < -0.4 is 4.90 Å². The van der Waals surface area contributed by atoms with Crippen molar-refractivity contribution >= 4 is 11.5 Å². The molecule has 3 aromatic heterocycles. The van der Waals surface area contributed by atoms with E-state index in [9.17, 15) is 0 Å². The SMILES string of the molecule is Cc1cc(N2CCC(c3nnc4ccc(C)nn34)CC2)nc(C2CC2)n1. The van der Waals surface area contributed by atoms with Crippen molar-refractivity contribution in [3.05, 3.63) is 41.2 Å². The predicted molar refractivity (Wildman–Crippen MR) is 98.5 cm³/mol. The van der Waals surface area contributed by atoms with E-state index in [4.69, 9.17) is 4.98 Å². The summed E-state index contributed by atoms with van der Waals surface area (Å²) in [5, 5.41) is 13.3. The van der Waals surface area contributed by atoms with Gasteiger partial charge >= 0.3 is 0 Å². The zero-order valence-electron chi connectivity index (χ0n) is 15.3. The van der Waals surface area contributed by atoms with E-state index >= 15 is 0 Å². The van der Waals surface area contributed by atoms with Crippen molar-refractivity contribution in [3.63, 3.8) is 0 Å². The highest BCUT2D eigenvalue weighted by Gasteiger charge is 2.29. The summed E-state index contributed by atoms with van der Waals surface area (Å²) in [7, 11) is 0. The zero-order valence-corrected chi connectivity index (χ0v) is 15.3. The minimum absolute atomic E-state index is 0.390. The van der Waals surface area contributed by atoms with Crippen LogP contribution in [0.15, 0.2) is 18.2 Å². The van der Waals surface area contributed by atoms with Crippen molar-refractivity contribution < 1.29 is 0 Å². The highest BCUT2D eigenvalue weighted by molar-refractivity contribution is 5.42. The lowest BCUT2D eigenvalue weighted by molar-refractivity contribution is 0.474. The number of hydrogen-bond donors (Lipinski definition) is 0. The van der Waals surface area contributed by atoms with Gasteiger partial charge in [0.25, 0.3) is 0 Å². The smallest absolute Gasteiger partial charge is 0.177 e. The molecule has 1 saturated carbocycles. The summed E-state index contributed by atoms with van der Waals surface area (Å²) >= 11 is 0.